The van der Waals surface area contributed by atoms with Crippen LogP contribution >= 0.6 is 0 Å². The minimum absolute atomic E-state index is 0.0213. The lowest BCUT2D eigenvalue weighted by molar-refractivity contribution is -0.183. The molecule has 1 saturated heterocycles. The Hall–Kier alpha value is -4.66. The van der Waals surface area contributed by atoms with Crippen LogP contribution in [-0.2, 0) is 35.6 Å². The molecule has 12 nitrogen and oxygen atoms in total. The summed E-state index contributed by atoms with van der Waals surface area (Å²) in [6.45, 7) is 10.4. The quantitative estimate of drug-likeness (QED) is 0.0659. The number of rotatable bonds is 21. The average molecular weight is 917 g/mol. The number of benzene rings is 4. The third-order valence-corrected chi connectivity index (χ3v) is 15.0. The molecule has 4 aromatic rings. The van der Waals surface area contributed by atoms with Crippen LogP contribution in [-0.4, -0.2) is 128 Å². The van der Waals surface area contributed by atoms with Gasteiger partial charge in [-0.2, -0.15) is 5.06 Å². The van der Waals surface area contributed by atoms with Crippen molar-refractivity contribution in [2.24, 2.45) is 29.1 Å². The standard InChI is InChI=1S/C55H76N6O6/c1-35-47-28-43(55(47,3)4)29-48(35)58-54(65)51-50(36(2)63)49(34-62)67-61(51)31-40-21-16-22-46(52(40)66-9)41-23-39(30-56-44(32-59(5)6)25-37-17-12-10-13-18-37)24-42(27-41)53(64)57-45(33-60(7)8)26-38-19-14-11-15-20-38/h10-24,27,35-36,43-45,47-51,56,62-63H,25-26,28-34H2,1-9H3,(H,57,64)(H,58,65)/t35-,36-,43+,44-,45-,47+,48?,49-,50+,51-/m0/s1. The van der Waals surface area contributed by atoms with Gasteiger partial charge in [-0.3, -0.25) is 14.4 Å². The minimum Gasteiger partial charge on any atom is -0.496 e. The third-order valence-electron chi connectivity index (χ3n) is 15.0. The van der Waals surface area contributed by atoms with Crippen LogP contribution in [0, 0.1) is 29.1 Å². The maximum Gasteiger partial charge on any atom is 0.251 e. The van der Waals surface area contributed by atoms with Crippen LogP contribution in [0.5, 0.6) is 5.75 Å². The summed E-state index contributed by atoms with van der Waals surface area (Å²) in [5.41, 5.74) is 6.49. The van der Waals surface area contributed by atoms with E-state index in [1.54, 1.807) is 19.1 Å². The number of aliphatic hydroxyl groups is 2. The molecule has 0 radical (unpaired) electrons. The Morgan fingerprint density at radius 3 is 2.09 bits per heavy atom. The van der Waals surface area contributed by atoms with E-state index >= 15 is 0 Å². The van der Waals surface area contributed by atoms with Crippen LogP contribution in [0.4, 0.5) is 0 Å². The molecule has 2 amide bonds. The van der Waals surface area contributed by atoms with Gasteiger partial charge in [0.25, 0.3) is 5.91 Å². The molecule has 2 bridgehead atoms. The highest BCUT2D eigenvalue weighted by Gasteiger charge is 2.57. The van der Waals surface area contributed by atoms with Crippen molar-refractivity contribution in [2.45, 2.75) is 103 Å². The molecule has 362 valence electrons. The Kier molecular flexibility index (Phi) is 16.6. The van der Waals surface area contributed by atoms with Crippen LogP contribution in [0.3, 0.4) is 0 Å². The lowest BCUT2D eigenvalue weighted by Gasteiger charge is -2.62. The molecule has 8 rings (SSSR count). The zero-order valence-electron chi connectivity index (χ0n) is 41.2. The van der Waals surface area contributed by atoms with Crippen LogP contribution in [0.2, 0.25) is 0 Å². The molecule has 4 fully saturated rings. The van der Waals surface area contributed by atoms with E-state index in [1.807, 2.05) is 68.7 Å². The first-order valence-electron chi connectivity index (χ1n) is 24.3. The molecule has 1 aliphatic heterocycles. The van der Waals surface area contributed by atoms with Gasteiger partial charge in [-0.1, -0.05) is 99.6 Å². The summed E-state index contributed by atoms with van der Waals surface area (Å²) in [5.74, 6) is 0.966. The molecule has 4 aliphatic rings. The van der Waals surface area contributed by atoms with Gasteiger partial charge in [0.2, 0.25) is 5.91 Å². The molecule has 67 heavy (non-hydrogen) atoms. The van der Waals surface area contributed by atoms with Crippen molar-refractivity contribution in [3.8, 4) is 16.9 Å². The van der Waals surface area contributed by atoms with E-state index in [0.717, 1.165) is 47.2 Å². The first-order valence-corrected chi connectivity index (χ1v) is 24.3. The molecule has 12 heteroatoms. The van der Waals surface area contributed by atoms with Crippen molar-refractivity contribution >= 4 is 11.8 Å². The van der Waals surface area contributed by atoms with Gasteiger partial charge in [0.05, 0.1) is 26.4 Å². The number of aliphatic hydroxyl groups excluding tert-OH is 2. The summed E-state index contributed by atoms with van der Waals surface area (Å²) < 4.78 is 6.25. The number of hydrogen-bond donors (Lipinski definition) is 5. The summed E-state index contributed by atoms with van der Waals surface area (Å²) in [7, 11) is 9.83. The second kappa shape index (κ2) is 22.2. The number of hydrogen-bond acceptors (Lipinski definition) is 10. The van der Waals surface area contributed by atoms with E-state index in [1.165, 1.54) is 12.0 Å². The largest absolute Gasteiger partial charge is 0.496 e. The number of nitrogens with zero attached hydrogens (tertiary/aromatic N) is 3. The molecule has 3 saturated carbocycles. The summed E-state index contributed by atoms with van der Waals surface area (Å²) in [5, 5.41) is 33.8. The van der Waals surface area contributed by atoms with E-state index in [0.29, 0.717) is 48.6 Å². The predicted molar refractivity (Wildman–Crippen MR) is 265 cm³/mol. The van der Waals surface area contributed by atoms with Crippen molar-refractivity contribution in [1.82, 2.24) is 30.8 Å². The molecule has 3 aliphatic carbocycles. The van der Waals surface area contributed by atoms with Gasteiger partial charge >= 0.3 is 0 Å². The molecule has 1 heterocycles. The smallest absolute Gasteiger partial charge is 0.251 e. The zero-order chi connectivity index (χ0) is 48.0. The van der Waals surface area contributed by atoms with Gasteiger partial charge in [-0.05, 0) is 124 Å². The molecular formula is C55H76N6O6. The van der Waals surface area contributed by atoms with Crippen molar-refractivity contribution in [2.75, 3.05) is 55.0 Å². The number of methoxy groups -OCH3 is 1. The van der Waals surface area contributed by atoms with Crippen LogP contribution in [0.1, 0.15) is 73.1 Å². The molecule has 0 spiro atoms. The molecule has 4 aromatic carbocycles. The summed E-state index contributed by atoms with van der Waals surface area (Å²) in [4.78, 5) is 39.7. The number of likely N-dealkylation sites (N-methyl/N-ethyl adjacent to an activating group) is 2. The monoisotopic (exact) mass is 917 g/mol. The lowest BCUT2D eigenvalue weighted by Crippen LogP contribution is -2.62. The second-order valence-electron chi connectivity index (χ2n) is 20.8. The number of hydroxylamine groups is 2. The summed E-state index contributed by atoms with van der Waals surface area (Å²) >= 11 is 0. The van der Waals surface area contributed by atoms with Crippen molar-refractivity contribution < 1.29 is 29.4 Å². The summed E-state index contributed by atoms with van der Waals surface area (Å²) in [6, 6.07) is 31.8. The normalized spacial score (nSPS) is 24.8. The fraction of sp³-hybridized carbons (Fsp3) is 0.527. The van der Waals surface area contributed by atoms with E-state index in [9.17, 15) is 19.8 Å². The molecule has 5 N–H and O–H groups in total. The first-order chi connectivity index (χ1) is 32.1. The lowest BCUT2D eigenvalue weighted by atomic mass is 9.45. The van der Waals surface area contributed by atoms with E-state index < -0.39 is 24.2 Å². The topological polar surface area (TPSA) is 139 Å². The maximum absolute atomic E-state index is 14.5. The van der Waals surface area contributed by atoms with Gasteiger partial charge in [-0.25, -0.2) is 0 Å². The van der Waals surface area contributed by atoms with E-state index in [-0.39, 0.29) is 48.5 Å². The molecule has 0 aromatic heterocycles. The zero-order valence-corrected chi connectivity index (χ0v) is 41.2. The Morgan fingerprint density at radius 1 is 0.866 bits per heavy atom. The number of carbonyl (C=O) groups is 2. The highest BCUT2D eigenvalue weighted by atomic mass is 16.7. The summed E-state index contributed by atoms with van der Waals surface area (Å²) in [6.07, 6.45) is 1.95. The minimum atomic E-state index is -0.918. The number of ether oxygens (including phenoxy) is 1. The highest BCUT2D eigenvalue weighted by molar-refractivity contribution is 5.96. The first kappa shape index (κ1) is 50.2. The predicted octanol–water partition coefficient (Wildman–Crippen LogP) is 6.19. The van der Waals surface area contributed by atoms with Crippen molar-refractivity contribution in [1.29, 1.82) is 0 Å². The Bertz CT molecular complexity index is 2250. The number of para-hydroxylation sites is 1. The van der Waals surface area contributed by atoms with Crippen LogP contribution in [0.15, 0.2) is 97.1 Å². The van der Waals surface area contributed by atoms with Gasteiger partial charge in [0.1, 0.15) is 17.9 Å². The fourth-order valence-corrected chi connectivity index (χ4v) is 11.5. The Labute approximate surface area is 399 Å². The number of carbonyl (C=O) groups excluding carboxylic acids is 2. The van der Waals surface area contributed by atoms with Crippen molar-refractivity contribution in [3.05, 3.63) is 125 Å². The Balaban J connectivity index is 1.20. The highest BCUT2D eigenvalue weighted by Crippen LogP contribution is 2.61. The van der Waals surface area contributed by atoms with E-state index in [2.05, 4.69) is 103 Å². The third kappa shape index (κ3) is 12.0. The van der Waals surface area contributed by atoms with Gasteiger partial charge < -0.3 is 40.7 Å². The van der Waals surface area contributed by atoms with E-state index in [4.69, 9.17) is 9.57 Å². The average Bonchev–Trinajstić information content (AvgIpc) is 3.67. The Morgan fingerprint density at radius 2 is 1.51 bits per heavy atom. The van der Waals surface area contributed by atoms with Crippen molar-refractivity contribution in [3.63, 3.8) is 0 Å². The molecule has 10 atom stereocenters. The second-order valence-corrected chi connectivity index (χ2v) is 20.8. The van der Waals surface area contributed by atoms with Gasteiger partial charge in [0.15, 0.2) is 0 Å². The number of amides is 2. The van der Waals surface area contributed by atoms with Gasteiger partial charge in [0, 0.05) is 60.4 Å². The maximum atomic E-state index is 14.5. The number of fused-ring (bicyclic) bond motifs is 2. The molecule has 1 unspecified atom stereocenters. The van der Waals surface area contributed by atoms with Gasteiger partial charge in [-0.15, -0.1) is 0 Å². The fourth-order valence-electron chi connectivity index (χ4n) is 11.5. The SMILES string of the molecule is COc1c(CN2O[C@@H](CO)[C@@H]([C@H](C)O)[C@H]2C(=O)NC2C[C@H]3C[C@H]([C@@H]2C)C3(C)C)cccc1-c1cc(CN[C@@H](Cc2ccccc2)CN(C)C)cc(C(=O)N[C@@H](Cc2ccccc2)CN(C)C)c1. The van der Waals surface area contributed by atoms with Crippen LogP contribution in [0.25, 0.3) is 11.1 Å². The van der Waals surface area contributed by atoms with Crippen LogP contribution < -0.4 is 20.7 Å². The molecular weight excluding hydrogens is 841 g/mol. The number of nitrogens with one attached hydrogen (secondary N) is 3.